The first-order valence-corrected chi connectivity index (χ1v) is 3.95. The highest BCUT2D eigenvalue weighted by Crippen LogP contribution is 2.10. The van der Waals surface area contributed by atoms with Crippen LogP contribution in [0.2, 0.25) is 0 Å². The molecular weight excluding hydrogens is 219 g/mol. The van der Waals surface area contributed by atoms with E-state index in [1.54, 1.807) is 0 Å². The number of aromatic nitrogens is 1. The van der Waals surface area contributed by atoms with Crippen LogP contribution in [0.15, 0.2) is 36.4 Å². The van der Waals surface area contributed by atoms with Gasteiger partial charge in [0.15, 0.2) is 0 Å². The van der Waals surface area contributed by atoms with Crippen LogP contribution in [0.3, 0.4) is 0 Å². The average Bonchev–Trinajstić information content (AvgIpc) is 2.17. The predicted molar refractivity (Wildman–Crippen MR) is 64.1 cm³/mol. The fourth-order valence-corrected chi connectivity index (χ4v) is 1.22. The Morgan fingerprint density at radius 2 is 1.71 bits per heavy atom. The Morgan fingerprint density at radius 1 is 1.00 bits per heavy atom. The molecule has 2 rings (SSSR count). The smallest absolute Gasteiger partial charge is 0.0705 e. The summed E-state index contributed by atoms with van der Waals surface area (Å²) in [5, 5.41) is 1.16. The Labute approximate surface area is 95.3 Å². The van der Waals surface area contributed by atoms with E-state index < -0.39 is 0 Å². The van der Waals surface area contributed by atoms with Gasteiger partial charge in [0.2, 0.25) is 0 Å². The third-order valence-corrected chi connectivity index (χ3v) is 1.87. The molecule has 0 saturated carbocycles. The summed E-state index contributed by atoms with van der Waals surface area (Å²) in [6, 6.07) is 12.0. The number of benzene rings is 1. The number of nitrogens with zero attached hydrogens (tertiary/aromatic N) is 1. The van der Waals surface area contributed by atoms with Crippen molar-refractivity contribution in [2.24, 2.45) is 5.73 Å². The summed E-state index contributed by atoms with van der Waals surface area (Å²) >= 11 is 0. The van der Waals surface area contributed by atoms with Crippen molar-refractivity contribution < 1.29 is 0 Å². The lowest BCUT2D eigenvalue weighted by Gasteiger charge is -1.98. The maximum atomic E-state index is 5.48. The summed E-state index contributed by atoms with van der Waals surface area (Å²) in [4.78, 5) is 4.37. The Hall–Kier alpha value is -0.830. The van der Waals surface area contributed by atoms with Gasteiger partial charge in [-0.2, -0.15) is 0 Å². The quantitative estimate of drug-likeness (QED) is 0.819. The van der Waals surface area contributed by atoms with Gasteiger partial charge in [-0.15, -0.1) is 24.8 Å². The molecule has 0 aliphatic rings. The summed E-state index contributed by atoms with van der Waals surface area (Å²) in [6.07, 6.45) is 0. The van der Waals surface area contributed by atoms with E-state index in [1.165, 1.54) is 0 Å². The molecule has 2 nitrogen and oxygen atoms in total. The van der Waals surface area contributed by atoms with Crippen LogP contribution in [0.1, 0.15) is 5.69 Å². The van der Waals surface area contributed by atoms with Crippen molar-refractivity contribution in [2.45, 2.75) is 6.54 Å². The molecule has 2 aromatic rings. The number of fused-ring (bicyclic) bond motifs is 1. The predicted octanol–water partition coefficient (Wildman–Crippen LogP) is 2.54. The number of nitrogens with two attached hydrogens (primary N) is 1. The zero-order valence-electron chi connectivity index (χ0n) is 7.51. The molecular formula is C10H12Cl2N2. The highest BCUT2D eigenvalue weighted by molar-refractivity contribution is 5.85. The molecule has 0 saturated heterocycles. The maximum absolute atomic E-state index is 5.48. The van der Waals surface area contributed by atoms with Crippen LogP contribution in [0.25, 0.3) is 10.9 Å². The molecule has 0 atom stereocenters. The van der Waals surface area contributed by atoms with Gasteiger partial charge in [-0.25, -0.2) is 0 Å². The molecule has 1 aromatic heterocycles. The molecule has 1 heterocycles. The minimum absolute atomic E-state index is 0. The third kappa shape index (κ3) is 2.58. The Bertz CT molecular complexity index is 404. The molecule has 76 valence electrons. The second-order valence-electron chi connectivity index (χ2n) is 2.70. The third-order valence-electron chi connectivity index (χ3n) is 1.87. The van der Waals surface area contributed by atoms with Gasteiger partial charge in [0, 0.05) is 11.9 Å². The van der Waals surface area contributed by atoms with E-state index >= 15 is 0 Å². The van der Waals surface area contributed by atoms with Crippen molar-refractivity contribution in [1.82, 2.24) is 4.98 Å². The highest BCUT2D eigenvalue weighted by atomic mass is 35.5. The van der Waals surface area contributed by atoms with Crippen LogP contribution in [0, 0.1) is 0 Å². The zero-order valence-corrected chi connectivity index (χ0v) is 9.15. The standard InChI is InChI=1S/C10H10N2.2ClH/c11-7-9-6-5-8-3-1-2-4-10(8)12-9;;/h1-6H,7,11H2;2*1H. The average molecular weight is 231 g/mol. The lowest BCUT2D eigenvalue weighted by molar-refractivity contribution is 1.01. The van der Waals surface area contributed by atoms with Crippen molar-refractivity contribution in [1.29, 1.82) is 0 Å². The molecule has 2 N–H and O–H groups in total. The van der Waals surface area contributed by atoms with Gasteiger partial charge in [-0.3, -0.25) is 4.98 Å². The summed E-state index contributed by atoms with van der Waals surface area (Å²) in [7, 11) is 0. The molecule has 0 fully saturated rings. The summed E-state index contributed by atoms with van der Waals surface area (Å²) in [6.45, 7) is 0.505. The van der Waals surface area contributed by atoms with E-state index in [1.807, 2.05) is 36.4 Å². The van der Waals surface area contributed by atoms with Gasteiger partial charge in [0.25, 0.3) is 0 Å². The lowest BCUT2D eigenvalue weighted by atomic mass is 10.2. The minimum atomic E-state index is 0. The van der Waals surface area contributed by atoms with Crippen molar-refractivity contribution in [3.8, 4) is 0 Å². The number of hydrogen-bond acceptors (Lipinski definition) is 2. The first-order valence-electron chi connectivity index (χ1n) is 3.95. The van der Waals surface area contributed by atoms with E-state index in [4.69, 9.17) is 5.73 Å². The number of para-hydroxylation sites is 1. The summed E-state index contributed by atoms with van der Waals surface area (Å²) in [5.41, 5.74) is 7.43. The van der Waals surface area contributed by atoms with E-state index in [-0.39, 0.29) is 24.8 Å². The summed E-state index contributed by atoms with van der Waals surface area (Å²) < 4.78 is 0. The number of halogens is 2. The zero-order chi connectivity index (χ0) is 8.39. The molecule has 4 heteroatoms. The topological polar surface area (TPSA) is 38.9 Å². The fraction of sp³-hybridized carbons (Fsp3) is 0.100. The molecule has 0 aliphatic heterocycles. The van der Waals surface area contributed by atoms with Gasteiger partial charge in [0.05, 0.1) is 11.2 Å². The Balaban J connectivity index is 0.000000845. The van der Waals surface area contributed by atoms with E-state index in [0.29, 0.717) is 6.54 Å². The van der Waals surface area contributed by atoms with Crippen LogP contribution >= 0.6 is 24.8 Å². The second kappa shape index (κ2) is 5.81. The van der Waals surface area contributed by atoms with Crippen LogP contribution < -0.4 is 5.73 Å². The second-order valence-corrected chi connectivity index (χ2v) is 2.70. The largest absolute Gasteiger partial charge is 0.325 e. The van der Waals surface area contributed by atoms with Crippen molar-refractivity contribution >= 4 is 35.7 Å². The van der Waals surface area contributed by atoms with Crippen molar-refractivity contribution in [2.75, 3.05) is 0 Å². The van der Waals surface area contributed by atoms with E-state index in [2.05, 4.69) is 4.98 Å². The lowest BCUT2D eigenvalue weighted by Crippen LogP contribution is -1.98. The maximum Gasteiger partial charge on any atom is 0.0705 e. The summed E-state index contributed by atoms with van der Waals surface area (Å²) in [5.74, 6) is 0. The van der Waals surface area contributed by atoms with Gasteiger partial charge in [-0.05, 0) is 12.1 Å². The Morgan fingerprint density at radius 3 is 2.43 bits per heavy atom. The van der Waals surface area contributed by atoms with Crippen LogP contribution in [-0.2, 0) is 6.54 Å². The molecule has 0 amide bonds. The number of hydrogen-bond donors (Lipinski definition) is 1. The normalized spacial score (nSPS) is 8.93. The van der Waals surface area contributed by atoms with E-state index in [0.717, 1.165) is 16.6 Å². The van der Waals surface area contributed by atoms with Gasteiger partial charge >= 0.3 is 0 Å². The molecule has 0 spiro atoms. The van der Waals surface area contributed by atoms with Gasteiger partial charge in [0.1, 0.15) is 0 Å². The Kier molecular flexibility index (Phi) is 5.46. The van der Waals surface area contributed by atoms with E-state index in [9.17, 15) is 0 Å². The van der Waals surface area contributed by atoms with Crippen molar-refractivity contribution in [3.05, 3.63) is 42.1 Å². The number of pyridine rings is 1. The van der Waals surface area contributed by atoms with Gasteiger partial charge in [-0.1, -0.05) is 24.3 Å². The first kappa shape index (κ1) is 13.2. The number of rotatable bonds is 1. The molecule has 14 heavy (non-hydrogen) atoms. The fourth-order valence-electron chi connectivity index (χ4n) is 1.22. The van der Waals surface area contributed by atoms with Crippen LogP contribution in [-0.4, -0.2) is 4.98 Å². The highest BCUT2D eigenvalue weighted by Gasteiger charge is 1.93. The minimum Gasteiger partial charge on any atom is -0.325 e. The first-order chi connectivity index (χ1) is 5.90. The molecule has 0 radical (unpaired) electrons. The molecule has 0 aliphatic carbocycles. The van der Waals surface area contributed by atoms with Crippen LogP contribution in [0.4, 0.5) is 0 Å². The molecule has 0 bridgehead atoms. The molecule has 0 unspecified atom stereocenters. The van der Waals surface area contributed by atoms with Gasteiger partial charge < -0.3 is 5.73 Å². The van der Waals surface area contributed by atoms with Crippen LogP contribution in [0.5, 0.6) is 0 Å². The SMILES string of the molecule is Cl.Cl.NCc1ccc2ccccc2n1. The monoisotopic (exact) mass is 230 g/mol. The molecule has 1 aromatic carbocycles. The van der Waals surface area contributed by atoms with Crippen molar-refractivity contribution in [3.63, 3.8) is 0 Å².